The van der Waals surface area contributed by atoms with Crippen LogP contribution in [0.3, 0.4) is 0 Å². The molecule has 1 aliphatic heterocycles. The van der Waals surface area contributed by atoms with E-state index < -0.39 is 0 Å². The lowest BCUT2D eigenvalue weighted by molar-refractivity contribution is 0.0929. The van der Waals surface area contributed by atoms with Gasteiger partial charge in [-0.3, -0.25) is 4.79 Å². The molecule has 0 fully saturated rings. The van der Waals surface area contributed by atoms with E-state index in [1.54, 1.807) is 12.3 Å². The lowest BCUT2D eigenvalue weighted by atomic mass is 9.80. The third-order valence-electron chi connectivity index (χ3n) is 5.74. The molecule has 6 heteroatoms. The summed E-state index contributed by atoms with van der Waals surface area (Å²) in [6.07, 6.45) is 2.76. The average molecular weight is 454 g/mol. The molecule has 150 valence electrons. The Morgan fingerprint density at radius 2 is 2.07 bits per heavy atom. The van der Waals surface area contributed by atoms with Gasteiger partial charge in [-0.15, -0.1) is 0 Å². The summed E-state index contributed by atoms with van der Waals surface area (Å²) in [6, 6.07) is 13.6. The van der Waals surface area contributed by atoms with E-state index in [-0.39, 0.29) is 17.2 Å². The van der Waals surface area contributed by atoms with E-state index >= 15 is 0 Å². The number of hydrogen-bond donors (Lipinski definition) is 1. The molecule has 4 rings (SSSR count). The minimum atomic E-state index is -0.374. The third kappa shape index (κ3) is 3.81. The molecule has 5 nitrogen and oxygen atoms in total. The molecule has 1 aromatic heterocycles. The first-order chi connectivity index (χ1) is 13.7. The zero-order valence-electron chi connectivity index (χ0n) is 17.0. The first-order valence-electron chi connectivity index (χ1n) is 9.65. The number of carbonyl (C=O) groups is 1. The number of carbonyl (C=O) groups excluding carboxylic acids is 1. The fourth-order valence-electron chi connectivity index (χ4n) is 4.02. The molecule has 1 amide bonds. The molecule has 0 radical (unpaired) electrons. The van der Waals surface area contributed by atoms with Gasteiger partial charge in [0.2, 0.25) is 0 Å². The van der Waals surface area contributed by atoms with Crippen LogP contribution >= 0.6 is 15.9 Å². The van der Waals surface area contributed by atoms with Crippen molar-refractivity contribution in [3.63, 3.8) is 0 Å². The molecule has 2 heterocycles. The largest absolute Gasteiger partial charge is 0.451 e. The van der Waals surface area contributed by atoms with Gasteiger partial charge in [-0.1, -0.05) is 28.9 Å². The molecule has 29 heavy (non-hydrogen) atoms. The molecule has 0 spiro atoms. The SMILES string of the molecule is CC1CC(C)(C)N(C)c2ccc(/C=N\NC(=O)c3cc4cc(Br)ccc4o3)cc21. The predicted octanol–water partition coefficient (Wildman–Crippen LogP) is 5.68. The van der Waals surface area contributed by atoms with Crippen LogP contribution in [0.1, 0.15) is 54.8 Å². The number of nitrogens with one attached hydrogen (secondary N) is 1. The first kappa shape index (κ1) is 19.7. The van der Waals surface area contributed by atoms with Crippen molar-refractivity contribution in [1.82, 2.24) is 5.43 Å². The van der Waals surface area contributed by atoms with Crippen molar-refractivity contribution in [1.29, 1.82) is 0 Å². The van der Waals surface area contributed by atoms with Crippen LogP contribution in [0, 0.1) is 0 Å². The van der Waals surface area contributed by atoms with Gasteiger partial charge < -0.3 is 9.32 Å². The summed E-state index contributed by atoms with van der Waals surface area (Å²) in [4.78, 5) is 14.7. The van der Waals surface area contributed by atoms with E-state index in [4.69, 9.17) is 4.42 Å². The Hall–Kier alpha value is -2.60. The van der Waals surface area contributed by atoms with E-state index in [1.165, 1.54) is 11.3 Å². The van der Waals surface area contributed by atoms with E-state index in [9.17, 15) is 4.79 Å². The highest BCUT2D eigenvalue weighted by Gasteiger charge is 2.33. The maximum Gasteiger partial charge on any atom is 0.307 e. The zero-order chi connectivity index (χ0) is 20.8. The van der Waals surface area contributed by atoms with Gasteiger partial charge in [0.1, 0.15) is 5.58 Å². The fraction of sp³-hybridized carbons (Fsp3) is 0.304. The molecular weight excluding hydrogens is 430 g/mol. The lowest BCUT2D eigenvalue weighted by Gasteiger charge is -2.45. The van der Waals surface area contributed by atoms with Crippen LogP contribution in [0.15, 0.2) is 56.5 Å². The number of furan rings is 1. The normalized spacial score (nSPS) is 18.2. The minimum absolute atomic E-state index is 0.137. The fourth-order valence-corrected chi connectivity index (χ4v) is 4.40. The molecule has 1 aliphatic rings. The molecular formula is C23H24BrN3O2. The summed E-state index contributed by atoms with van der Waals surface area (Å²) < 4.78 is 6.53. The number of anilines is 1. The van der Waals surface area contributed by atoms with Gasteiger partial charge in [-0.2, -0.15) is 5.10 Å². The van der Waals surface area contributed by atoms with Crippen LogP contribution in [0.5, 0.6) is 0 Å². The van der Waals surface area contributed by atoms with Gasteiger partial charge in [0.05, 0.1) is 6.21 Å². The number of amides is 1. The number of hydrazone groups is 1. The monoisotopic (exact) mass is 453 g/mol. The van der Waals surface area contributed by atoms with E-state index in [2.05, 4.69) is 71.3 Å². The summed E-state index contributed by atoms with van der Waals surface area (Å²) in [6.45, 7) is 6.80. The van der Waals surface area contributed by atoms with Crippen molar-refractivity contribution >= 4 is 44.7 Å². The molecule has 0 bridgehead atoms. The maximum atomic E-state index is 12.4. The summed E-state index contributed by atoms with van der Waals surface area (Å²) in [7, 11) is 2.14. The topological polar surface area (TPSA) is 57.8 Å². The molecule has 0 aliphatic carbocycles. The van der Waals surface area contributed by atoms with Gasteiger partial charge in [0, 0.05) is 28.1 Å². The Balaban J connectivity index is 1.49. The van der Waals surface area contributed by atoms with Crippen LogP contribution in [-0.4, -0.2) is 24.7 Å². The van der Waals surface area contributed by atoms with E-state index in [0.29, 0.717) is 11.5 Å². The quantitative estimate of drug-likeness (QED) is 0.409. The number of benzene rings is 2. The second kappa shape index (κ2) is 7.34. The smallest absolute Gasteiger partial charge is 0.307 e. The number of fused-ring (bicyclic) bond motifs is 2. The average Bonchev–Trinajstić information content (AvgIpc) is 3.09. The molecule has 1 unspecified atom stereocenters. The van der Waals surface area contributed by atoms with Gasteiger partial charge in [0.25, 0.3) is 0 Å². The molecule has 0 saturated carbocycles. The second-order valence-corrected chi connectivity index (χ2v) is 9.20. The van der Waals surface area contributed by atoms with Gasteiger partial charge in [0.15, 0.2) is 5.76 Å². The highest BCUT2D eigenvalue weighted by Crippen LogP contribution is 2.42. The maximum absolute atomic E-state index is 12.4. The Morgan fingerprint density at radius 3 is 2.86 bits per heavy atom. The predicted molar refractivity (Wildman–Crippen MR) is 121 cm³/mol. The zero-order valence-corrected chi connectivity index (χ0v) is 18.6. The molecule has 3 aromatic rings. The van der Waals surface area contributed by atoms with Gasteiger partial charge in [-0.05, 0) is 73.7 Å². The van der Waals surface area contributed by atoms with E-state index in [1.807, 2.05) is 24.3 Å². The van der Waals surface area contributed by atoms with Crippen LogP contribution in [0.2, 0.25) is 0 Å². The standard InChI is InChI=1S/C23H24BrN3O2/c1-14-12-23(2,3)27(4)19-7-5-15(9-18(14)19)13-25-26-22(28)21-11-16-10-17(24)6-8-20(16)29-21/h5-11,13-14H,12H2,1-4H3,(H,26,28)/b25-13-. The third-order valence-corrected chi connectivity index (χ3v) is 6.23. The number of nitrogens with zero attached hydrogens (tertiary/aromatic N) is 2. The van der Waals surface area contributed by atoms with Crippen LogP contribution in [0.25, 0.3) is 11.0 Å². The highest BCUT2D eigenvalue weighted by molar-refractivity contribution is 9.10. The summed E-state index contributed by atoms with van der Waals surface area (Å²) in [5.41, 5.74) is 6.87. The van der Waals surface area contributed by atoms with Crippen molar-refractivity contribution < 1.29 is 9.21 Å². The Kier molecular flexibility index (Phi) is 4.99. The first-order valence-corrected chi connectivity index (χ1v) is 10.4. The number of rotatable bonds is 3. The van der Waals surface area contributed by atoms with Gasteiger partial charge in [-0.25, -0.2) is 5.43 Å². The Labute approximate surface area is 178 Å². The van der Waals surface area contributed by atoms with Crippen LogP contribution in [0.4, 0.5) is 5.69 Å². The lowest BCUT2D eigenvalue weighted by Crippen LogP contribution is -2.45. The summed E-state index contributed by atoms with van der Waals surface area (Å²) in [5.74, 6) is 0.327. The minimum Gasteiger partial charge on any atom is -0.451 e. The van der Waals surface area contributed by atoms with Gasteiger partial charge >= 0.3 is 5.91 Å². The summed E-state index contributed by atoms with van der Waals surface area (Å²) >= 11 is 3.42. The second-order valence-electron chi connectivity index (χ2n) is 8.29. The molecule has 1 atom stereocenters. The number of hydrogen-bond acceptors (Lipinski definition) is 4. The Bertz CT molecular complexity index is 1120. The van der Waals surface area contributed by atoms with Crippen molar-refractivity contribution in [2.45, 2.75) is 38.6 Å². The molecule has 2 aromatic carbocycles. The molecule has 1 N–H and O–H groups in total. The van der Waals surface area contributed by atoms with Crippen molar-refractivity contribution in [2.75, 3.05) is 11.9 Å². The summed E-state index contributed by atoms with van der Waals surface area (Å²) in [5, 5.41) is 4.98. The van der Waals surface area contributed by atoms with Crippen LogP contribution in [-0.2, 0) is 0 Å². The number of halogens is 1. The van der Waals surface area contributed by atoms with Crippen LogP contribution < -0.4 is 10.3 Å². The Morgan fingerprint density at radius 1 is 1.28 bits per heavy atom. The van der Waals surface area contributed by atoms with Crippen molar-refractivity contribution in [2.24, 2.45) is 5.10 Å². The molecule has 0 saturated heterocycles. The van der Waals surface area contributed by atoms with Crippen molar-refractivity contribution in [3.8, 4) is 0 Å². The van der Waals surface area contributed by atoms with E-state index in [0.717, 1.165) is 21.8 Å². The highest BCUT2D eigenvalue weighted by atomic mass is 79.9. The van der Waals surface area contributed by atoms with Crippen molar-refractivity contribution in [3.05, 3.63) is 63.8 Å².